The molecule has 1 rings (SSSR count). The largest absolute Gasteiger partial charge is 0.376 e. The fourth-order valence-corrected chi connectivity index (χ4v) is 1.03. The zero-order valence-electron chi connectivity index (χ0n) is 8.77. The van der Waals surface area contributed by atoms with Gasteiger partial charge < -0.3 is 4.74 Å². The van der Waals surface area contributed by atoms with Crippen LogP contribution in [0.3, 0.4) is 0 Å². The van der Waals surface area contributed by atoms with Crippen molar-refractivity contribution in [2.24, 2.45) is 0 Å². The van der Waals surface area contributed by atoms with Crippen LogP contribution in [0, 0.1) is 0 Å². The highest BCUT2D eigenvalue weighted by molar-refractivity contribution is 5.88. The van der Waals surface area contributed by atoms with Gasteiger partial charge >= 0.3 is 11.8 Å². The van der Waals surface area contributed by atoms with Crippen molar-refractivity contribution in [2.45, 2.75) is 13.5 Å². The molecule has 0 saturated carbocycles. The van der Waals surface area contributed by atoms with Gasteiger partial charge in [0.2, 0.25) is 0 Å². The molecule has 0 atom stereocenters. The summed E-state index contributed by atoms with van der Waals surface area (Å²) < 4.78 is 6.92. The second kappa shape index (κ2) is 5.10. The van der Waals surface area contributed by atoms with Crippen LogP contribution in [0.15, 0.2) is 49.2 Å². The Balaban J connectivity index is 2.88. The van der Waals surface area contributed by atoms with Gasteiger partial charge in [-0.15, -0.1) is 0 Å². The first-order chi connectivity index (χ1) is 7.15. The molecule has 0 fully saturated rings. The Morgan fingerprint density at radius 2 is 2.33 bits per heavy atom. The van der Waals surface area contributed by atoms with E-state index in [1.807, 2.05) is 12.3 Å². The van der Waals surface area contributed by atoms with Crippen LogP contribution in [0.5, 0.6) is 5.88 Å². The second-order valence-corrected chi connectivity index (χ2v) is 3.15. The lowest BCUT2D eigenvalue weighted by Gasteiger charge is -2.02. The smallest absolute Gasteiger partial charge is 0.367 e. The van der Waals surface area contributed by atoms with Gasteiger partial charge in [0.15, 0.2) is 12.7 Å². The van der Waals surface area contributed by atoms with Crippen molar-refractivity contribution < 1.29 is 14.1 Å². The summed E-state index contributed by atoms with van der Waals surface area (Å²) in [7, 11) is 0. The van der Waals surface area contributed by atoms with E-state index >= 15 is 0 Å². The molecule has 0 radical (unpaired) electrons. The molecular weight excluding hydrogens is 190 g/mol. The molecule has 0 bridgehead atoms. The van der Waals surface area contributed by atoms with Gasteiger partial charge in [0.05, 0.1) is 6.07 Å². The van der Waals surface area contributed by atoms with Crippen LogP contribution in [-0.2, 0) is 11.3 Å². The molecule has 1 heterocycles. The summed E-state index contributed by atoms with van der Waals surface area (Å²) in [6.07, 6.45) is 3.56. The summed E-state index contributed by atoms with van der Waals surface area (Å²) in [5.74, 6) is 0.0735. The number of hydrogen-bond acceptors (Lipinski definition) is 2. The van der Waals surface area contributed by atoms with E-state index in [0.29, 0.717) is 18.0 Å². The molecule has 3 nitrogen and oxygen atoms in total. The van der Waals surface area contributed by atoms with Crippen molar-refractivity contribution in [1.29, 1.82) is 0 Å². The number of pyridine rings is 1. The first-order valence-electron chi connectivity index (χ1n) is 4.62. The fraction of sp³-hybridized carbons (Fsp3) is 0.167. The van der Waals surface area contributed by atoms with E-state index in [4.69, 9.17) is 4.74 Å². The van der Waals surface area contributed by atoms with Crippen LogP contribution in [-0.4, -0.2) is 5.97 Å². The second-order valence-electron chi connectivity index (χ2n) is 3.15. The van der Waals surface area contributed by atoms with Gasteiger partial charge in [-0.3, -0.25) is 0 Å². The molecule has 1 aromatic heterocycles. The predicted octanol–water partition coefficient (Wildman–Crippen LogP) is 1.64. The van der Waals surface area contributed by atoms with Crippen molar-refractivity contribution in [3.05, 3.63) is 49.2 Å². The van der Waals surface area contributed by atoms with Crippen LogP contribution in [0.4, 0.5) is 0 Å². The van der Waals surface area contributed by atoms with Crippen LogP contribution in [0.2, 0.25) is 0 Å². The van der Waals surface area contributed by atoms with E-state index < -0.39 is 5.97 Å². The SMILES string of the molecule is C=CC[n+]1ccccc1OC(=O)C(=C)C. The van der Waals surface area contributed by atoms with Crippen molar-refractivity contribution >= 4 is 5.97 Å². The van der Waals surface area contributed by atoms with E-state index in [0.717, 1.165) is 0 Å². The van der Waals surface area contributed by atoms with E-state index in [1.165, 1.54) is 0 Å². The molecule has 15 heavy (non-hydrogen) atoms. The van der Waals surface area contributed by atoms with Crippen LogP contribution in [0.1, 0.15) is 6.92 Å². The first-order valence-corrected chi connectivity index (χ1v) is 4.62. The predicted molar refractivity (Wildman–Crippen MR) is 57.3 cm³/mol. The Morgan fingerprint density at radius 1 is 1.60 bits per heavy atom. The standard InChI is InChI=1S/C12H14NO2/c1-4-8-13-9-6-5-7-11(13)15-12(14)10(2)3/h4-7,9H,1-2,8H2,3H3/q+1. The molecule has 1 aromatic rings. The molecule has 0 saturated heterocycles. The lowest BCUT2D eigenvalue weighted by atomic mass is 10.4. The Morgan fingerprint density at radius 3 is 2.93 bits per heavy atom. The monoisotopic (exact) mass is 204 g/mol. The number of nitrogens with zero attached hydrogens (tertiary/aromatic N) is 1. The Kier molecular flexibility index (Phi) is 3.80. The fourth-order valence-electron chi connectivity index (χ4n) is 1.03. The van der Waals surface area contributed by atoms with Crippen molar-refractivity contribution in [3.8, 4) is 5.88 Å². The molecule has 0 aliphatic heterocycles. The number of allylic oxidation sites excluding steroid dienone is 1. The third-order valence-corrected chi connectivity index (χ3v) is 1.77. The topological polar surface area (TPSA) is 30.2 Å². The maximum absolute atomic E-state index is 11.3. The third kappa shape index (κ3) is 3.06. The first kappa shape index (κ1) is 11.2. The lowest BCUT2D eigenvalue weighted by Crippen LogP contribution is -2.35. The van der Waals surface area contributed by atoms with Crippen molar-refractivity contribution in [1.82, 2.24) is 0 Å². The quantitative estimate of drug-likeness (QED) is 0.323. The third-order valence-electron chi connectivity index (χ3n) is 1.77. The van der Waals surface area contributed by atoms with E-state index in [-0.39, 0.29) is 0 Å². The normalized spacial score (nSPS) is 9.40. The minimum Gasteiger partial charge on any atom is -0.367 e. The van der Waals surface area contributed by atoms with Crippen LogP contribution in [0.25, 0.3) is 0 Å². The molecule has 0 spiro atoms. The maximum atomic E-state index is 11.3. The summed E-state index contributed by atoms with van der Waals surface area (Å²) in [6, 6.07) is 5.40. The van der Waals surface area contributed by atoms with Crippen molar-refractivity contribution in [2.75, 3.05) is 0 Å². The van der Waals surface area contributed by atoms with Crippen molar-refractivity contribution in [3.63, 3.8) is 0 Å². The minimum atomic E-state index is -0.418. The van der Waals surface area contributed by atoms with Gasteiger partial charge in [0.1, 0.15) is 0 Å². The number of aromatic nitrogens is 1. The van der Waals surface area contributed by atoms with Gasteiger partial charge in [0.25, 0.3) is 0 Å². The number of carbonyl (C=O) groups is 1. The molecule has 0 N–H and O–H groups in total. The summed E-state index contributed by atoms with van der Waals surface area (Å²) >= 11 is 0. The lowest BCUT2D eigenvalue weighted by molar-refractivity contribution is -0.690. The van der Waals surface area contributed by atoms with Gasteiger partial charge in [-0.25, -0.2) is 4.79 Å². The Hall–Kier alpha value is -1.90. The van der Waals surface area contributed by atoms with E-state index in [2.05, 4.69) is 13.2 Å². The summed E-state index contributed by atoms with van der Waals surface area (Å²) in [6.45, 7) is 9.37. The summed E-state index contributed by atoms with van der Waals surface area (Å²) in [4.78, 5) is 11.3. The van der Waals surface area contributed by atoms with Gasteiger partial charge in [-0.1, -0.05) is 13.2 Å². The number of hydrogen-bond donors (Lipinski definition) is 0. The number of esters is 1. The zero-order valence-corrected chi connectivity index (χ0v) is 8.77. The average molecular weight is 204 g/mol. The summed E-state index contributed by atoms with van der Waals surface area (Å²) in [5, 5.41) is 0. The molecule has 78 valence electrons. The molecule has 0 amide bonds. The number of rotatable bonds is 4. The zero-order chi connectivity index (χ0) is 11.3. The maximum Gasteiger partial charge on any atom is 0.376 e. The number of carbonyl (C=O) groups excluding carboxylic acids is 1. The molecule has 0 aliphatic rings. The van der Waals surface area contributed by atoms with E-state index in [1.54, 1.807) is 29.7 Å². The minimum absolute atomic E-state index is 0.379. The molecule has 3 heteroatoms. The Labute approximate surface area is 89.3 Å². The highest BCUT2D eigenvalue weighted by Crippen LogP contribution is 2.04. The van der Waals surface area contributed by atoms with Crippen LogP contribution >= 0.6 is 0 Å². The molecular formula is C12H14NO2+. The van der Waals surface area contributed by atoms with E-state index in [9.17, 15) is 4.79 Å². The molecule has 0 aliphatic carbocycles. The average Bonchev–Trinajstić information content (AvgIpc) is 2.21. The summed E-state index contributed by atoms with van der Waals surface area (Å²) in [5.41, 5.74) is 0.379. The number of ether oxygens (including phenoxy) is 1. The van der Waals surface area contributed by atoms with Gasteiger partial charge in [-0.2, -0.15) is 4.57 Å². The molecule has 0 aromatic carbocycles. The van der Waals surface area contributed by atoms with Gasteiger partial charge in [-0.05, 0) is 19.1 Å². The van der Waals surface area contributed by atoms with Gasteiger partial charge in [0, 0.05) is 11.6 Å². The Bertz CT molecular complexity index is 396. The molecule has 0 unspecified atom stereocenters. The highest BCUT2D eigenvalue weighted by Gasteiger charge is 2.14. The van der Waals surface area contributed by atoms with Crippen LogP contribution < -0.4 is 9.30 Å². The highest BCUT2D eigenvalue weighted by atomic mass is 16.5.